The molecule has 0 aliphatic heterocycles. The Hall–Kier alpha value is -1.21. The molecule has 0 atom stereocenters. The van der Waals surface area contributed by atoms with Crippen molar-refractivity contribution in [2.75, 3.05) is 23.9 Å². The molecule has 4 heteroatoms. The number of nitriles is 1. The van der Waals surface area contributed by atoms with Crippen molar-refractivity contribution in [3.63, 3.8) is 0 Å². The summed E-state index contributed by atoms with van der Waals surface area (Å²) in [4.78, 5) is 4.00. The Morgan fingerprint density at radius 3 is 3.06 bits per heavy atom. The number of aromatic nitrogens is 1. The Labute approximate surface area is 101 Å². The first kappa shape index (κ1) is 12.9. The van der Waals surface area contributed by atoms with E-state index in [9.17, 15) is 0 Å². The van der Waals surface area contributed by atoms with Crippen LogP contribution in [0.2, 0.25) is 0 Å². The highest BCUT2D eigenvalue weighted by Gasteiger charge is 2.00. The SMILES string of the molecule is CSCCCCCNc1cccnc1C#N. The van der Waals surface area contributed by atoms with Gasteiger partial charge in [-0.1, -0.05) is 6.42 Å². The monoisotopic (exact) mass is 235 g/mol. The van der Waals surface area contributed by atoms with Gasteiger partial charge < -0.3 is 5.32 Å². The summed E-state index contributed by atoms with van der Waals surface area (Å²) in [6.07, 6.45) is 7.41. The third-order valence-electron chi connectivity index (χ3n) is 2.25. The van der Waals surface area contributed by atoms with E-state index in [1.165, 1.54) is 18.6 Å². The van der Waals surface area contributed by atoms with Gasteiger partial charge in [0.1, 0.15) is 6.07 Å². The smallest absolute Gasteiger partial charge is 0.163 e. The first-order chi connectivity index (χ1) is 7.88. The summed E-state index contributed by atoms with van der Waals surface area (Å²) in [7, 11) is 0. The summed E-state index contributed by atoms with van der Waals surface area (Å²) in [6.45, 7) is 0.911. The molecule has 0 radical (unpaired) electrons. The standard InChI is InChI=1S/C12H17N3S/c1-16-9-4-2-3-7-14-11-6-5-8-15-12(11)10-13/h5-6,8,14H,2-4,7,9H2,1H3. The van der Waals surface area contributed by atoms with E-state index in [1.807, 2.05) is 23.9 Å². The molecule has 0 saturated carbocycles. The Balaban J connectivity index is 2.24. The molecule has 0 aliphatic rings. The Bertz CT molecular complexity index is 346. The van der Waals surface area contributed by atoms with Crippen LogP contribution in [0.4, 0.5) is 5.69 Å². The van der Waals surface area contributed by atoms with Gasteiger partial charge in [0, 0.05) is 12.7 Å². The maximum atomic E-state index is 8.84. The lowest BCUT2D eigenvalue weighted by molar-refractivity contribution is 0.749. The molecule has 3 nitrogen and oxygen atoms in total. The molecule has 1 N–H and O–H groups in total. The summed E-state index contributed by atoms with van der Waals surface area (Å²) in [5.41, 5.74) is 1.32. The molecule has 0 amide bonds. The van der Waals surface area contributed by atoms with Crippen molar-refractivity contribution >= 4 is 17.4 Å². The van der Waals surface area contributed by atoms with Crippen LogP contribution >= 0.6 is 11.8 Å². The van der Waals surface area contributed by atoms with Gasteiger partial charge in [0.15, 0.2) is 5.69 Å². The molecule has 0 bridgehead atoms. The second-order valence-corrected chi connectivity index (χ2v) is 4.48. The molecule has 1 heterocycles. The van der Waals surface area contributed by atoms with Crippen molar-refractivity contribution in [1.82, 2.24) is 4.98 Å². The number of thioether (sulfide) groups is 1. The average Bonchev–Trinajstić information content (AvgIpc) is 2.34. The largest absolute Gasteiger partial charge is 0.383 e. The topological polar surface area (TPSA) is 48.7 Å². The first-order valence-corrected chi connectivity index (χ1v) is 6.86. The number of pyridine rings is 1. The van der Waals surface area contributed by atoms with Crippen LogP contribution in [0.1, 0.15) is 25.0 Å². The molecule has 1 rings (SSSR count). The van der Waals surface area contributed by atoms with Crippen LogP contribution in [0.3, 0.4) is 0 Å². The second-order valence-electron chi connectivity index (χ2n) is 3.49. The lowest BCUT2D eigenvalue weighted by atomic mass is 10.2. The number of rotatable bonds is 7. The van der Waals surface area contributed by atoms with Crippen molar-refractivity contribution < 1.29 is 0 Å². The molecule has 0 aromatic carbocycles. The van der Waals surface area contributed by atoms with Crippen LogP contribution in [0.15, 0.2) is 18.3 Å². The van der Waals surface area contributed by atoms with E-state index in [0.717, 1.165) is 18.7 Å². The quantitative estimate of drug-likeness (QED) is 0.738. The third kappa shape index (κ3) is 4.54. The predicted octanol–water partition coefficient (Wildman–Crippen LogP) is 2.90. The molecular formula is C12H17N3S. The number of hydrogen-bond acceptors (Lipinski definition) is 4. The normalized spacial score (nSPS) is 9.75. The van der Waals surface area contributed by atoms with Gasteiger partial charge in [-0.05, 0) is 37.0 Å². The number of unbranched alkanes of at least 4 members (excludes halogenated alkanes) is 2. The van der Waals surface area contributed by atoms with E-state index in [4.69, 9.17) is 5.26 Å². The van der Waals surface area contributed by atoms with Gasteiger partial charge in [0.25, 0.3) is 0 Å². The maximum Gasteiger partial charge on any atom is 0.163 e. The van der Waals surface area contributed by atoms with E-state index in [1.54, 1.807) is 6.20 Å². The van der Waals surface area contributed by atoms with Crippen LogP contribution in [0.5, 0.6) is 0 Å². The molecule has 1 aromatic rings. The lowest BCUT2D eigenvalue weighted by Crippen LogP contribution is -2.04. The predicted molar refractivity (Wildman–Crippen MR) is 69.7 cm³/mol. The first-order valence-electron chi connectivity index (χ1n) is 5.46. The molecule has 0 saturated heterocycles. The number of nitrogens with one attached hydrogen (secondary N) is 1. The van der Waals surface area contributed by atoms with Gasteiger partial charge in [-0.3, -0.25) is 0 Å². The minimum absolute atomic E-state index is 0.478. The molecule has 86 valence electrons. The molecule has 0 fully saturated rings. The summed E-state index contributed by atoms with van der Waals surface area (Å²) in [5.74, 6) is 1.23. The highest BCUT2D eigenvalue weighted by Crippen LogP contribution is 2.11. The molecule has 0 aliphatic carbocycles. The molecular weight excluding hydrogens is 218 g/mol. The molecule has 0 unspecified atom stereocenters. The lowest BCUT2D eigenvalue weighted by Gasteiger charge is -2.06. The van der Waals surface area contributed by atoms with Gasteiger partial charge in [-0.15, -0.1) is 0 Å². The Morgan fingerprint density at radius 1 is 1.44 bits per heavy atom. The van der Waals surface area contributed by atoms with Gasteiger partial charge in [0.2, 0.25) is 0 Å². The van der Waals surface area contributed by atoms with Crippen LogP contribution < -0.4 is 5.32 Å². The minimum Gasteiger partial charge on any atom is -0.383 e. The average molecular weight is 235 g/mol. The molecule has 0 spiro atoms. The summed E-state index contributed by atoms with van der Waals surface area (Å²) >= 11 is 1.89. The molecule has 1 aromatic heterocycles. The fourth-order valence-corrected chi connectivity index (χ4v) is 1.90. The van der Waals surface area contributed by atoms with E-state index in [2.05, 4.69) is 22.6 Å². The summed E-state index contributed by atoms with van der Waals surface area (Å²) < 4.78 is 0. The summed E-state index contributed by atoms with van der Waals surface area (Å²) in [6, 6.07) is 5.82. The third-order valence-corrected chi connectivity index (χ3v) is 2.95. The maximum absolute atomic E-state index is 8.84. The zero-order chi connectivity index (χ0) is 11.6. The fourth-order valence-electron chi connectivity index (χ4n) is 1.41. The fraction of sp³-hybridized carbons (Fsp3) is 0.500. The second kappa shape index (κ2) is 8.00. The van der Waals surface area contributed by atoms with Gasteiger partial charge in [-0.2, -0.15) is 17.0 Å². The van der Waals surface area contributed by atoms with Crippen LogP contribution in [-0.2, 0) is 0 Å². The van der Waals surface area contributed by atoms with Crippen LogP contribution in [0, 0.1) is 11.3 Å². The van der Waals surface area contributed by atoms with Crippen LogP contribution in [0.25, 0.3) is 0 Å². The molecule has 16 heavy (non-hydrogen) atoms. The van der Waals surface area contributed by atoms with Crippen molar-refractivity contribution in [2.45, 2.75) is 19.3 Å². The van der Waals surface area contributed by atoms with Crippen molar-refractivity contribution in [2.24, 2.45) is 0 Å². The minimum atomic E-state index is 0.478. The number of anilines is 1. The van der Waals surface area contributed by atoms with Crippen molar-refractivity contribution in [3.05, 3.63) is 24.0 Å². The number of hydrogen-bond donors (Lipinski definition) is 1. The van der Waals surface area contributed by atoms with E-state index in [0.29, 0.717) is 5.69 Å². The Morgan fingerprint density at radius 2 is 2.31 bits per heavy atom. The summed E-state index contributed by atoms with van der Waals surface area (Å²) in [5, 5.41) is 12.1. The Kier molecular flexibility index (Phi) is 6.43. The van der Waals surface area contributed by atoms with Crippen molar-refractivity contribution in [3.8, 4) is 6.07 Å². The van der Waals surface area contributed by atoms with Gasteiger partial charge in [0.05, 0.1) is 5.69 Å². The highest BCUT2D eigenvalue weighted by molar-refractivity contribution is 7.98. The van der Waals surface area contributed by atoms with Crippen molar-refractivity contribution in [1.29, 1.82) is 5.26 Å². The van der Waals surface area contributed by atoms with E-state index >= 15 is 0 Å². The zero-order valence-corrected chi connectivity index (χ0v) is 10.4. The van der Waals surface area contributed by atoms with E-state index < -0.39 is 0 Å². The van der Waals surface area contributed by atoms with E-state index in [-0.39, 0.29) is 0 Å². The number of nitrogens with zero attached hydrogens (tertiary/aromatic N) is 2. The highest BCUT2D eigenvalue weighted by atomic mass is 32.2. The van der Waals surface area contributed by atoms with Crippen LogP contribution in [-0.4, -0.2) is 23.5 Å². The van der Waals surface area contributed by atoms with Gasteiger partial charge in [-0.25, -0.2) is 4.98 Å². The zero-order valence-electron chi connectivity index (χ0n) is 9.57. The van der Waals surface area contributed by atoms with Gasteiger partial charge >= 0.3 is 0 Å².